The first kappa shape index (κ1) is 28.9. The normalized spacial score (nSPS) is 14.2. The molecule has 3 aromatic rings. The van der Waals surface area contributed by atoms with Gasteiger partial charge in [-0.3, -0.25) is 9.59 Å². The van der Waals surface area contributed by atoms with Crippen molar-refractivity contribution in [1.29, 1.82) is 0 Å². The highest BCUT2D eigenvalue weighted by Gasteiger charge is 2.32. The molecule has 212 valence electrons. The zero-order valence-corrected chi connectivity index (χ0v) is 23.1. The van der Waals surface area contributed by atoms with Gasteiger partial charge in [0.1, 0.15) is 29.1 Å². The van der Waals surface area contributed by atoms with Gasteiger partial charge < -0.3 is 24.4 Å². The molecule has 1 fully saturated rings. The first-order valence-corrected chi connectivity index (χ1v) is 13.7. The van der Waals surface area contributed by atoms with Crippen LogP contribution in [0.5, 0.6) is 17.2 Å². The van der Waals surface area contributed by atoms with Crippen LogP contribution in [0.1, 0.15) is 43.2 Å². The minimum absolute atomic E-state index is 0.0859. The van der Waals surface area contributed by atoms with Crippen LogP contribution < -0.4 is 19.5 Å². The molecule has 0 spiro atoms. The van der Waals surface area contributed by atoms with Crippen LogP contribution >= 0.6 is 0 Å². The number of ether oxygens (including phenoxy) is 3. The molecule has 0 saturated heterocycles. The molecule has 1 atom stereocenters. The minimum atomic E-state index is -0.787. The van der Waals surface area contributed by atoms with E-state index >= 15 is 0 Å². The molecule has 0 aromatic heterocycles. The SMILES string of the molecule is COc1cc(OC)cc(OCC(=O)N(Cc2ccc(F)cc2)C(Cc2ccccc2)C(=O)NC2CCCCC2)c1. The van der Waals surface area contributed by atoms with Crippen molar-refractivity contribution in [2.45, 2.75) is 57.2 Å². The summed E-state index contributed by atoms with van der Waals surface area (Å²) in [6, 6.07) is 19.9. The molecule has 1 saturated carbocycles. The van der Waals surface area contributed by atoms with Crippen LogP contribution in [-0.2, 0) is 22.6 Å². The van der Waals surface area contributed by atoms with E-state index in [1.807, 2.05) is 30.3 Å². The molecule has 3 aromatic carbocycles. The molecule has 2 amide bonds. The van der Waals surface area contributed by atoms with Gasteiger partial charge in [-0.1, -0.05) is 61.7 Å². The van der Waals surface area contributed by atoms with E-state index in [4.69, 9.17) is 14.2 Å². The van der Waals surface area contributed by atoms with E-state index in [0.717, 1.165) is 31.2 Å². The van der Waals surface area contributed by atoms with Crippen LogP contribution in [0.3, 0.4) is 0 Å². The third kappa shape index (κ3) is 8.21. The van der Waals surface area contributed by atoms with E-state index in [-0.39, 0.29) is 36.8 Å². The Morgan fingerprint density at radius 3 is 2.12 bits per heavy atom. The summed E-state index contributed by atoms with van der Waals surface area (Å²) in [6.07, 6.45) is 5.50. The number of halogens is 1. The topological polar surface area (TPSA) is 77.1 Å². The summed E-state index contributed by atoms with van der Waals surface area (Å²) < 4.78 is 30.2. The maximum absolute atomic E-state index is 13.8. The Morgan fingerprint density at radius 2 is 1.50 bits per heavy atom. The van der Waals surface area contributed by atoms with Crippen molar-refractivity contribution in [2.75, 3.05) is 20.8 Å². The van der Waals surface area contributed by atoms with Gasteiger partial charge in [-0.15, -0.1) is 0 Å². The van der Waals surface area contributed by atoms with Crippen molar-refractivity contribution in [1.82, 2.24) is 10.2 Å². The second-order valence-electron chi connectivity index (χ2n) is 10.0. The molecule has 4 rings (SSSR count). The van der Waals surface area contributed by atoms with Crippen LogP contribution in [0.15, 0.2) is 72.8 Å². The number of benzene rings is 3. The Balaban J connectivity index is 1.61. The third-order valence-corrected chi connectivity index (χ3v) is 7.18. The molecule has 1 aliphatic rings. The van der Waals surface area contributed by atoms with Crippen LogP contribution in [0.2, 0.25) is 0 Å². The summed E-state index contributed by atoms with van der Waals surface area (Å²) in [6.45, 7) is -0.182. The number of nitrogens with one attached hydrogen (secondary N) is 1. The Kier molecular flexibility index (Phi) is 10.4. The molecule has 0 bridgehead atoms. The number of carbonyl (C=O) groups excluding carboxylic acids is 2. The second kappa shape index (κ2) is 14.4. The van der Waals surface area contributed by atoms with Crippen LogP contribution in [0, 0.1) is 5.82 Å². The zero-order chi connectivity index (χ0) is 28.3. The molecule has 40 heavy (non-hydrogen) atoms. The average Bonchev–Trinajstić information content (AvgIpc) is 2.99. The van der Waals surface area contributed by atoms with Crippen molar-refractivity contribution < 1.29 is 28.2 Å². The maximum atomic E-state index is 13.8. The number of rotatable bonds is 12. The molecule has 7 nitrogen and oxygen atoms in total. The van der Waals surface area contributed by atoms with E-state index < -0.39 is 6.04 Å². The van der Waals surface area contributed by atoms with Crippen molar-refractivity contribution in [3.63, 3.8) is 0 Å². The van der Waals surface area contributed by atoms with E-state index in [1.165, 1.54) is 37.7 Å². The summed E-state index contributed by atoms with van der Waals surface area (Å²) in [4.78, 5) is 29.2. The lowest BCUT2D eigenvalue weighted by molar-refractivity contribution is -0.143. The van der Waals surface area contributed by atoms with Crippen LogP contribution in [0.4, 0.5) is 4.39 Å². The van der Waals surface area contributed by atoms with Crippen LogP contribution in [0.25, 0.3) is 0 Å². The lowest BCUT2D eigenvalue weighted by atomic mass is 9.94. The fraction of sp³-hybridized carbons (Fsp3) is 0.375. The van der Waals surface area contributed by atoms with Crippen LogP contribution in [-0.4, -0.2) is 49.6 Å². The number of amides is 2. The zero-order valence-electron chi connectivity index (χ0n) is 23.1. The molecule has 1 unspecified atom stereocenters. The summed E-state index contributed by atoms with van der Waals surface area (Å²) in [7, 11) is 3.07. The van der Waals surface area contributed by atoms with Crippen molar-refractivity contribution >= 4 is 11.8 Å². The summed E-state index contributed by atoms with van der Waals surface area (Å²) in [5.74, 6) is 0.517. The average molecular weight is 549 g/mol. The molecule has 0 radical (unpaired) electrons. The molecular formula is C32H37FN2O5. The molecule has 1 N–H and O–H groups in total. The summed E-state index contributed by atoms with van der Waals surface area (Å²) in [5, 5.41) is 3.21. The molecule has 1 aliphatic carbocycles. The highest BCUT2D eigenvalue weighted by molar-refractivity contribution is 5.88. The van der Waals surface area contributed by atoms with E-state index in [9.17, 15) is 14.0 Å². The van der Waals surface area contributed by atoms with Gasteiger partial charge in [-0.25, -0.2) is 4.39 Å². The quantitative estimate of drug-likeness (QED) is 0.332. The number of hydrogen-bond donors (Lipinski definition) is 1. The monoisotopic (exact) mass is 548 g/mol. The molecule has 0 aliphatic heterocycles. The van der Waals surface area contributed by atoms with E-state index in [2.05, 4.69) is 5.32 Å². The van der Waals surface area contributed by atoms with Gasteiger partial charge in [0.05, 0.1) is 14.2 Å². The lowest BCUT2D eigenvalue weighted by Gasteiger charge is -2.33. The smallest absolute Gasteiger partial charge is 0.261 e. The van der Waals surface area contributed by atoms with Crippen molar-refractivity contribution in [3.05, 3.63) is 89.7 Å². The predicted octanol–water partition coefficient (Wildman–Crippen LogP) is 5.31. The van der Waals surface area contributed by atoms with Gasteiger partial charge in [0.15, 0.2) is 6.61 Å². The van der Waals surface area contributed by atoms with Gasteiger partial charge in [0.2, 0.25) is 5.91 Å². The maximum Gasteiger partial charge on any atom is 0.261 e. The highest BCUT2D eigenvalue weighted by atomic mass is 19.1. The second-order valence-corrected chi connectivity index (χ2v) is 10.0. The van der Waals surface area contributed by atoms with Gasteiger partial charge >= 0.3 is 0 Å². The van der Waals surface area contributed by atoms with Gasteiger partial charge in [-0.05, 0) is 36.1 Å². The molecule has 8 heteroatoms. The van der Waals surface area contributed by atoms with Gasteiger partial charge in [0.25, 0.3) is 5.91 Å². The predicted molar refractivity (Wildman–Crippen MR) is 151 cm³/mol. The Labute approximate surface area is 235 Å². The molecular weight excluding hydrogens is 511 g/mol. The Morgan fingerprint density at radius 1 is 0.875 bits per heavy atom. The number of carbonyl (C=O) groups is 2. The lowest BCUT2D eigenvalue weighted by Crippen LogP contribution is -2.53. The van der Waals surface area contributed by atoms with E-state index in [1.54, 1.807) is 30.3 Å². The first-order valence-electron chi connectivity index (χ1n) is 13.7. The standard InChI is InChI=1S/C32H37FN2O5/c1-38-27-18-28(39-2)20-29(19-27)40-22-31(36)35(21-24-13-15-25(33)16-14-24)30(17-23-9-5-3-6-10-23)32(37)34-26-11-7-4-8-12-26/h3,5-6,9-10,13-16,18-20,26,30H,4,7-8,11-12,17,21-22H2,1-2H3,(H,34,37). The summed E-state index contributed by atoms with van der Waals surface area (Å²) >= 11 is 0. The third-order valence-electron chi connectivity index (χ3n) is 7.18. The highest BCUT2D eigenvalue weighted by Crippen LogP contribution is 2.28. The largest absolute Gasteiger partial charge is 0.496 e. The van der Waals surface area contributed by atoms with Gasteiger partial charge in [0, 0.05) is 37.2 Å². The summed E-state index contributed by atoms with van der Waals surface area (Å²) in [5.41, 5.74) is 1.64. The first-order chi connectivity index (χ1) is 19.4. The molecule has 0 heterocycles. The van der Waals surface area contributed by atoms with Gasteiger partial charge in [-0.2, -0.15) is 0 Å². The number of methoxy groups -OCH3 is 2. The van der Waals surface area contributed by atoms with Crippen molar-refractivity contribution in [3.8, 4) is 17.2 Å². The fourth-order valence-corrected chi connectivity index (χ4v) is 4.98. The number of hydrogen-bond acceptors (Lipinski definition) is 5. The number of nitrogens with zero attached hydrogens (tertiary/aromatic N) is 1. The minimum Gasteiger partial charge on any atom is -0.496 e. The Hall–Kier alpha value is -4.07. The van der Waals surface area contributed by atoms with E-state index in [0.29, 0.717) is 29.2 Å². The fourth-order valence-electron chi connectivity index (χ4n) is 4.98. The Bertz CT molecular complexity index is 1220. The van der Waals surface area contributed by atoms with Crippen molar-refractivity contribution in [2.24, 2.45) is 0 Å².